The molecular weight excluding hydrogens is 481 g/mol. The molecule has 0 spiro atoms. The number of pyridine rings is 1. The molecule has 4 rings (SSSR count). The second-order valence-corrected chi connectivity index (χ2v) is 8.48. The Kier molecular flexibility index (Phi) is 7.04. The van der Waals surface area contributed by atoms with E-state index in [2.05, 4.69) is 15.0 Å². The number of halogens is 6. The lowest BCUT2D eigenvalue weighted by Crippen LogP contribution is -2.49. The average Bonchev–Trinajstić information content (AvgIpc) is 3.10. The van der Waals surface area contributed by atoms with Crippen molar-refractivity contribution in [3.63, 3.8) is 0 Å². The van der Waals surface area contributed by atoms with Gasteiger partial charge < -0.3 is 4.90 Å². The first-order valence-corrected chi connectivity index (χ1v) is 10.9. The van der Waals surface area contributed by atoms with E-state index in [0.717, 1.165) is 10.2 Å². The van der Waals surface area contributed by atoms with Gasteiger partial charge in [-0.2, -0.15) is 5.10 Å². The zero-order chi connectivity index (χ0) is 24.6. The summed E-state index contributed by atoms with van der Waals surface area (Å²) < 4.78 is 67.8. The number of piperazine rings is 1. The molecule has 1 aliphatic heterocycles. The van der Waals surface area contributed by atoms with Crippen molar-refractivity contribution in [1.82, 2.24) is 24.6 Å². The van der Waals surface area contributed by atoms with Crippen molar-refractivity contribution in [3.05, 3.63) is 57.6 Å². The van der Waals surface area contributed by atoms with Gasteiger partial charge >= 0.3 is 0 Å². The maximum atomic E-state index is 13.5. The summed E-state index contributed by atoms with van der Waals surface area (Å²) in [6.45, 7) is 3.54. The van der Waals surface area contributed by atoms with E-state index in [9.17, 15) is 26.7 Å². The highest BCUT2D eigenvalue weighted by molar-refractivity contribution is 6.31. The van der Waals surface area contributed by atoms with E-state index in [0.29, 0.717) is 43.8 Å². The van der Waals surface area contributed by atoms with E-state index in [4.69, 9.17) is 11.6 Å². The molecule has 1 fully saturated rings. The first kappa shape index (κ1) is 24.3. The van der Waals surface area contributed by atoms with Gasteiger partial charge in [-0.1, -0.05) is 17.7 Å². The van der Waals surface area contributed by atoms with Crippen LogP contribution in [0.1, 0.15) is 35.4 Å². The molecule has 0 aliphatic carbocycles. The van der Waals surface area contributed by atoms with Gasteiger partial charge in [0.2, 0.25) is 5.91 Å². The molecule has 0 unspecified atom stereocenters. The molecule has 182 valence electrons. The highest BCUT2D eigenvalue weighted by Gasteiger charge is 2.26. The molecule has 34 heavy (non-hydrogen) atoms. The van der Waals surface area contributed by atoms with Crippen LogP contribution in [0.3, 0.4) is 0 Å². The number of nitrogens with zero attached hydrogens (tertiary/aromatic N) is 5. The number of hydrogen-bond donors (Lipinski definition) is 0. The maximum Gasteiger partial charge on any atom is 0.280 e. The fourth-order valence-corrected chi connectivity index (χ4v) is 4.30. The summed E-state index contributed by atoms with van der Waals surface area (Å²) in [6, 6.07) is 4.89. The molecule has 1 aromatic carbocycles. The van der Waals surface area contributed by atoms with Crippen LogP contribution in [0.25, 0.3) is 11.0 Å². The van der Waals surface area contributed by atoms with Gasteiger partial charge in [-0.15, -0.1) is 0 Å². The van der Waals surface area contributed by atoms with Gasteiger partial charge in [-0.05, 0) is 30.7 Å². The number of amides is 1. The van der Waals surface area contributed by atoms with E-state index < -0.39 is 29.9 Å². The minimum Gasteiger partial charge on any atom is -0.339 e. The highest BCUT2D eigenvalue weighted by atomic mass is 35.5. The van der Waals surface area contributed by atoms with E-state index in [1.165, 1.54) is 19.1 Å². The third-order valence-electron chi connectivity index (χ3n) is 5.81. The molecule has 1 saturated heterocycles. The Labute approximate surface area is 196 Å². The Bertz CT molecular complexity index is 1210. The van der Waals surface area contributed by atoms with Crippen LogP contribution < -0.4 is 0 Å². The normalized spacial score (nSPS) is 15.1. The van der Waals surface area contributed by atoms with Crippen molar-refractivity contribution >= 4 is 28.5 Å². The fraction of sp³-hybridized carbons (Fsp3) is 0.409. The number of carbonyl (C=O) groups excluding carboxylic acids is 1. The summed E-state index contributed by atoms with van der Waals surface area (Å²) in [4.78, 5) is 20.3. The smallest absolute Gasteiger partial charge is 0.280 e. The predicted octanol–water partition coefficient (Wildman–Crippen LogP) is 4.75. The number of alkyl halides is 4. The third kappa shape index (κ3) is 5.00. The monoisotopic (exact) mass is 501 g/mol. The number of benzene rings is 1. The van der Waals surface area contributed by atoms with E-state index >= 15 is 0 Å². The lowest BCUT2D eigenvalue weighted by Gasteiger charge is -2.35. The Hall–Kier alpha value is -2.79. The molecule has 3 heterocycles. The van der Waals surface area contributed by atoms with Gasteiger partial charge in [0.25, 0.3) is 12.9 Å². The van der Waals surface area contributed by atoms with Crippen LogP contribution in [-0.4, -0.2) is 56.7 Å². The topological polar surface area (TPSA) is 54.3 Å². The summed E-state index contributed by atoms with van der Waals surface area (Å²) in [6.07, 6.45) is -6.03. The molecule has 3 aromatic rings. The lowest BCUT2D eigenvalue weighted by molar-refractivity contribution is -0.133. The molecule has 6 nitrogen and oxygen atoms in total. The number of hydrogen-bond acceptors (Lipinski definition) is 4. The quantitative estimate of drug-likeness (QED) is 0.457. The maximum absolute atomic E-state index is 13.5. The van der Waals surface area contributed by atoms with Gasteiger partial charge in [0.05, 0.1) is 11.1 Å². The molecule has 0 bridgehead atoms. The second kappa shape index (κ2) is 9.83. The molecule has 0 N–H and O–H groups in total. The molecule has 1 amide bonds. The SMILES string of the molecule is Cc1nn(CC(=O)N2CCN(Cc3ccc(F)cc3Cl)CC2)c2nc(C(F)F)cc(C(F)F)c12. The lowest BCUT2D eigenvalue weighted by atomic mass is 10.1. The predicted molar refractivity (Wildman–Crippen MR) is 115 cm³/mol. The van der Waals surface area contributed by atoms with Gasteiger partial charge in [-0.3, -0.25) is 9.69 Å². The van der Waals surface area contributed by atoms with Crippen LogP contribution >= 0.6 is 11.6 Å². The molecule has 0 radical (unpaired) electrons. The summed E-state index contributed by atoms with van der Waals surface area (Å²) in [5.74, 6) is -0.743. The van der Waals surface area contributed by atoms with Crippen LogP contribution in [-0.2, 0) is 17.9 Å². The van der Waals surface area contributed by atoms with Crippen molar-refractivity contribution in [2.45, 2.75) is 32.9 Å². The zero-order valence-corrected chi connectivity index (χ0v) is 18.9. The Morgan fingerprint density at radius 3 is 2.41 bits per heavy atom. The van der Waals surface area contributed by atoms with E-state index in [1.54, 1.807) is 11.0 Å². The van der Waals surface area contributed by atoms with Crippen molar-refractivity contribution in [2.24, 2.45) is 0 Å². The van der Waals surface area contributed by atoms with Gasteiger partial charge in [-0.25, -0.2) is 31.6 Å². The number of carbonyl (C=O) groups is 1. The number of fused-ring (bicyclic) bond motifs is 1. The Morgan fingerprint density at radius 1 is 1.09 bits per heavy atom. The minimum absolute atomic E-state index is 0.0202. The number of aryl methyl sites for hydroxylation is 1. The summed E-state index contributed by atoms with van der Waals surface area (Å²) in [5, 5.41) is 4.44. The van der Waals surface area contributed by atoms with Crippen LogP contribution in [0.2, 0.25) is 5.02 Å². The second-order valence-electron chi connectivity index (χ2n) is 8.07. The first-order chi connectivity index (χ1) is 16.1. The van der Waals surface area contributed by atoms with Crippen molar-refractivity contribution in [3.8, 4) is 0 Å². The molecular formula is C22H21ClF5N5O. The van der Waals surface area contributed by atoms with Crippen LogP contribution in [0.5, 0.6) is 0 Å². The fourth-order valence-electron chi connectivity index (χ4n) is 4.08. The molecule has 2 aromatic heterocycles. The minimum atomic E-state index is -3.04. The van der Waals surface area contributed by atoms with Gasteiger partial charge in [0.1, 0.15) is 18.1 Å². The van der Waals surface area contributed by atoms with Crippen LogP contribution in [0, 0.1) is 12.7 Å². The van der Waals surface area contributed by atoms with Crippen molar-refractivity contribution in [1.29, 1.82) is 0 Å². The van der Waals surface area contributed by atoms with E-state index in [-0.39, 0.29) is 29.2 Å². The first-order valence-electron chi connectivity index (χ1n) is 10.5. The number of aromatic nitrogens is 3. The molecule has 1 aliphatic rings. The largest absolute Gasteiger partial charge is 0.339 e. The molecule has 0 atom stereocenters. The third-order valence-corrected chi connectivity index (χ3v) is 6.16. The van der Waals surface area contributed by atoms with Crippen LogP contribution in [0.4, 0.5) is 22.0 Å². The standard InChI is InChI=1S/C22H21ClF5N5O/c1-12-19-15(20(25)26)9-17(21(27)28)29-22(19)33(30-12)11-18(34)32-6-4-31(5-7-32)10-13-2-3-14(24)8-16(13)23/h2-3,8-9,20-21H,4-7,10-11H2,1H3. The van der Waals surface area contributed by atoms with Crippen LogP contribution in [0.15, 0.2) is 24.3 Å². The van der Waals surface area contributed by atoms with E-state index in [1.807, 2.05) is 0 Å². The van der Waals surface area contributed by atoms with Crippen molar-refractivity contribution in [2.75, 3.05) is 26.2 Å². The Balaban J connectivity index is 1.46. The summed E-state index contributed by atoms with van der Waals surface area (Å²) >= 11 is 6.09. The van der Waals surface area contributed by atoms with Gasteiger partial charge in [0.15, 0.2) is 5.65 Å². The molecule has 12 heteroatoms. The Morgan fingerprint density at radius 2 is 1.79 bits per heavy atom. The summed E-state index contributed by atoms with van der Waals surface area (Å²) in [7, 11) is 0. The van der Waals surface area contributed by atoms with Crippen molar-refractivity contribution < 1.29 is 26.7 Å². The zero-order valence-electron chi connectivity index (χ0n) is 18.1. The highest BCUT2D eigenvalue weighted by Crippen LogP contribution is 2.32. The summed E-state index contributed by atoms with van der Waals surface area (Å²) in [5.41, 5.74) is -0.568. The average molecular weight is 502 g/mol. The van der Waals surface area contributed by atoms with Gasteiger partial charge in [0, 0.05) is 43.3 Å². The number of rotatable bonds is 6. The molecule has 0 saturated carbocycles.